The third-order valence-corrected chi connectivity index (χ3v) is 2.36. The Bertz CT molecular complexity index is 486. The number of thiazole rings is 1. The highest BCUT2D eigenvalue weighted by Crippen LogP contribution is 2.26. The average Bonchev–Trinajstić information content (AvgIpc) is 2.29. The number of phenols is 1. The van der Waals surface area contributed by atoms with Gasteiger partial charge in [0.05, 0.1) is 4.70 Å². The van der Waals surface area contributed by atoms with E-state index in [9.17, 15) is 9.90 Å². The summed E-state index contributed by atoms with van der Waals surface area (Å²) in [6.07, 6.45) is 0. The molecule has 0 saturated heterocycles. The summed E-state index contributed by atoms with van der Waals surface area (Å²) in [5.74, 6) is 0.0170. The van der Waals surface area contributed by atoms with Gasteiger partial charge in [-0.15, -0.1) is 0 Å². The molecule has 0 saturated carbocycles. The number of H-pyrrole nitrogens is 1. The van der Waals surface area contributed by atoms with Crippen molar-refractivity contribution < 1.29 is 5.11 Å². The van der Waals surface area contributed by atoms with Crippen LogP contribution < -0.4 is 10.6 Å². The Balaban J connectivity index is 2.97. The molecule has 0 atom stereocenters. The molecule has 1 heterocycles. The van der Waals surface area contributed by atoms with Gasteiger partial charge in [0.1, 0.15) is 11.3 Å². The number of aromatic nitrogens is 1. The van der Waals surface area contributed by atoms with Crippen LogP contribution in [0.15, 0.2) is 16.9 Å². The maximum absolute atomic E-state index is 10.9. The summed E-state index contributed by atoms with van der Waals surface area (Å²) >= 11 is 1.03. The summed E-state index contributed by atoms with van der Waals surface area (Å²) in [6, 6.07) is 3.06. The number of hydrogen-bond acceptors (Lipinski definition) is 4. The third kappa shape index (κ3) is 0.947. The number of nitrogens with two attached hydrogens (primary N) is 1. The van der Waals surface area contributed by atoms with Gasteiger partial charge >= 0.3 is 4.87 Å². The van der Waals surface area contributed by atoms with E-state index < -0.39 is 0 Å². The van der Waals surface area contributed by atoms with E-state index >= 15 is 0 Å². The summed E-state index contributed by atoms with van der Waals surface area (Å²) in [5.41, 5.74) is 6.38. The molecule has 0 amide bonds. The van der Waals surface area contributed by atoms with Crippen LogP contribution in [0.1, 0.15) is 0 Å². The normalized spacial score (nSPS) is 10.7. The Morgan fingerprint density at radius 3 is 3.00 bits per heavy atom. The molecule has 0 fully saturated rings. The molecule has 0 spiro atoms. The predicted molar refractivity (Wildman–Crippen MR) is 48.5 cm³/mol. The van der Waals surface area contributed by atoms with Crippen molar-refractivity contribution in [2.45, 2.75) is 0 Å². The standard InChI is InChI=1S/C7H6N2O2S/c8-3-1-4(10)6-5(2-3)12-7(11)9-6/h1-2,10H,8H2,(H,9,11). The summed E-state index contributed by atoms with van der Waals surface area (Å²) in [5, 5.41) is 9.32. The first kappa shape index (κ1) is 7.17. The first-order valence-corrected chi connectivity index (χ1v) is 4.10. The first-order valence-electron chi connectivity index (χ1n) is 3.28. The number of hydrogen-bond donors (Lipinski definition) is 3. The fraction of sp³-hybridized carbons (Fsp3) is 0. The lowest BCUT2D eigenvalue weighted by molar-refractivity contribution is 0.481. The van der Waals surface area contributed by atoms with Crippen LogP contribution in [0.2, 0.25) is 0 Å². The molecule has 0 radical (unpaired) electrons. The van der Waals surface area contributed by atoms with E-state index in [0.717, 1.165) is 11.3 Å². The first-order chi connectivity index (χ1) is 5.66. The fourth-order valence-electron chi connectivity index (χ4n) is 1.06. The van der Waals surface area contributed by atoms with Gasteiger partial charge in [0.25, 0.3) is 0 Å². The molecular weight excluding hydrogens is 176 g/mol. The molecule has 0 aliphatic rings. The van der Waals surface area contributed by atoms with Crippen molar-refractivity contribution in [2.24, 2.45) is 0 Å². The van der Waals surface area contributed by atoms with Gasteiger partial charge in [-0.05, 0) is 6.07 Å². The number of phenolic OH excluding ortho intramolecular Hbond substituents is 1. The fourth-order valence-corrected chi connectivity index (χ4v) is 1.86. The molecule has 0 unspecified atom stereocenters. The van der Waals surface area contributed by atoms with Crippen molar-refractivity contribution in [1.82, 2.24) is 4.98 Å². The van der Waals surface area contributed by atoms with E-state index in [4.69, 9.17) is 5.73 Å². The van der Waals surface area contributed by atoms with Crippen molar-refractivity contribution in [2.75, 3.05) is 5.73 Å². The van der Waals surface area contributed by atoms with Crippen LogP contribution in [0, 0.1) is 0 Å². The number of nitrogen functional groups attached to an aromatic ring is 1. The molecule has 2 aromatic rings. The molecule has 0 aliphatic heterocycles. The third-order valence-electron chi connectivity index (χ3n) is 1.53. The van der Waals surface area contributed by atoms with Gasteiger partial charge in [-0.2, -0.15) is 0 Å². The van der Waals surface area contributed by atoms with Gasteiger partial charge in [0.15, 0.2) is 0 Å². The van der Waals surface area contributed by atoms with Crippen molar-refractivity contribution in [3.05, 3.63) is 21.8 Å². The van der Waals surface area contributed by atoms with Crippen LogP contribution >= 0.6 is 11.3 Å². The van der Waals surface area contributed by atoms with Gasteiger partial charge < -0.3 is 15.8 Å². The molecule has 1 aromatic heterocycles. The van der Waals surface area contributed by atoms with Gasteiger partial charge in [-0.25, -0.2) is 0 Å². The lowest BCUT2D eigenvalue weighted by Gasteiger charge is -1.95. The van der Waals surface area contributed by atoms with E-state index in [1.165, 1.54) is 6.07 Å². The van der Waals surface area contributed by atoms with E-state index in [2.05, 4.69) is 4.98 Å². The van der Waals surface area contributed by atoms with Gasteiger partial charge in [-0.1, -0.05) is 11.3 Å². The number of anilines is 1. The second-order valence-corrected chi connectivity index (χ2v) is 3.44. The van der Waals surface area contributed by atoms with Crippen LogP contribution in [0.4, 0.5) is 5.69 Å². The minimum absolute atomic E-state index is 0.0170. The van der Waals surface area contributed by atoms with Crippen molar-refractivity contribution in [3.8, 4) is 5.75 Å². The average molecular weight is 182 g/mol. The number of nitrogens with one attached hydrogen (secondary N) is 1. The zero-order valence-electron chi connectivity index (χ0n) is 6.00. The van der Waals surface area contributed by atoms with Gasteiger partial charge in [0.2, 0.25) is 0 Å². The highest BCUT2D eigenvalue weighted by Gasteiger charge is 2.04. The molecular formula is C7H6N2O2S. The maximum Gasteiger partial charge on any atom is 0.305 e. The van der Waals surface area contributed by atoms with Crippen molar-refractivity contribution >= 4 is 27.2 Å². The predicted octanol–water partition coefficient (Wildman–Crippen LogP) is 0.877. The van der Waals surface area contributed by atoms with Gasteiger partial charge in [-0.3, -0.25) is 4.79 Å². The van der Waals surface area contributed by atoms with Crippen LogP contribution in [0.5, 0.6) is 5.75 Å². The lowest BCUT2D eigenvalue weighted by atomic mass is 10.3. The highest BCUT2D eigenvalue weighted by atomic mass is 32.1. The zero-order valence-corrected chi connectivity index (χ0v) is 6.81. The van der Waals surface area contributed by atoms with Crippen LogP contribution in [0.3, 0.4) is 0 Å². The zero-order chi connectivity index (χ0) is 8.72. The summed E-state index contributed by atoms with van der Waals surface area (Å²) in [6.45, 7) is 0. The molecule has 62 valence electrons. The minimum Gasteiger partial charge on any atom is -0.506 e. The molecule has 1 aromatic carbocycles. The number of aromatic amines is 1. The van der Waals surface area contributed by atoms with E-state index in [-0.39, 0.29) is 10.6 Å². The lowest BCUT2D eigenvalue weighted by Crippen LogP contribution is -1.89. The topological polar surface area (TPSA) is 79.1 Å². The van der Waals surface area contributed by atoms with E-state index in [1.807, 2.05) is 0 Å². The Labute approximate surface area is 71.3 Å². The monoisotopic (exact) mass is 182 g/mol. The van der Waals surface area contributed by atoms with Crippen LogP contribution in [-0.4, -0.2) is 10.1 Å². The number of fused-ring (bicyclic) bond motifs is 1. The Morgan fingerprint density at radius 2 is 2.25 bits per heavy atom. The molecule has 12 heavy (non-hydrogen) atoms. The quantitative estimate of drug-likeness (QED) is 0.529. The van der Waals surface area contributed by atoms with Crippen molar-refractivity contribution in [3.63, 3.8) is 0 Å². The second-order valence-electron chi connectivity index (χ2n) is 2.43. The number of aromatic hydroxyl groups is 1. The largest absolute Gasteiger partial charge is 0.506 e. The minimum atomic E-state index is -0.189. The SMILES string of the molecule is Nc1cc(O)c2[nH]c(=O)sc2c1. The van der Waals surface area contributed by atoms with Crippen LogP contribution in [-0.2, 0) is 0 Å². The molecule has 4 N–H and O–H groups in total. The van der Waals surface area contributed by atoms with E-state index in [0.29, 0.717) is 15.9 Å². The van der Waals surface area contributed by atoms with Gasteiger partial charge in [0, 0.05) is 11.8 Å². The van der Waals surface area contributed by atoms with E-state index in [1.54, 1.807) is 6.07 Å². The summed E-state index contributed by atoms with van der Waals surface area (Å²) < 4.78 is 0.678. The second kappa shape index (κ2) is 2.25. The molecule has 4 nitrogen and oxygen atoms in total. The molecule has 0 bridgehead atoms. The molecule has 0 aliphatic carbocycles. The Hall–Kier alpha value is -1.49. The Kier molecular flexibility index (Phi) is 1.34. The number of benzene rings is 1. The maximum atomic E-state index is 10.9. The summed E-state index contributed by atoms with van der Waals surface area (Å²) in [4.78, 5) is 13.2. The smallest absolute Gasteiger partial charge is 0.305 e. The Morgan fingerprint density at radius 1 is 1.50 bits per heavy atom. The highest BCUT2D eigenvalue weighted by molar-refractivity contribution is 7.16. The van der Waals surface area contributed by atoms with Crippen molar-refractivity contribution in [1.29, 1.82) is 0 Å². The number of rotatable bonds is 0. The molecule has 5 heteroatoms. The van der Waals surface area contributed by atoms with Crippen LogP contribution in [0.25, 0.3) is 10.2 Å². The summed E-state index contributed by atoms with van der Waals surface area (Å²) in [7, 11) is 0. The molecule has 2 rings (SSSR count).